The molecule has 1 saturated heterocycles. The van der Waals surface area contributed by atoms with Crippen molar-refractivity contribution in [3.63, 3.8) is 0 Å². The maximum atomic E-state index is 12.6. The summed E-state index contributed by atoms with van der Waals surface area (Å²) in [6, 6.07) is 8.31. The highest BCUT2D eigenvalue weighted by Gasteiger charge is 2.28. The van der Waals surface area contributed by atoms with Crippen molar-refractivity contribution in [1.29, 1.82) is 0 Å². The minimum absolute atomic E-state index is 0.172. The van der Waals surface area contributed by atoms with Crippen LogP contribution in [-0.4, -0.2) is 56.8 Å². The zero-order valence-corrected chi connectivity index (χ0v) is 18.0. The second-order valence-corrected chi connectivity index (χ2v) is 8.86. The lowest BCUT2D eigenvalue weighted by molar-refractivity contribution is 0.158. The molecular formula is C22H33N7O. The molecule has 1 atom stereocenters. The topological polar surface area (TPSA) is 88.0 Å². The number of benzene rings is 1. The molecule has 8 nitrogen and oxygen atoms in total. The first-order valence-corrected chi connectivity index (χ1v) is 11.3. The van der Waals surface area contributed by atoms with Gasteiger partial charge in [0, 0.05) is 23.8 Å². The van der Waals surface area contributed by atoms with Gasteiger partial charge in [0.25, 0.3) is 0 Å². The highest BCUT2D eigenvalue weighted by atomic mass is 16.2. The molecule has 2 aromatic rings. The van der Waals surface area contributed by atoms with Gasteiger partial charge in [-0.25, -0.2) is 9.48 Å². The predicted octanol–water partition coefficient (Wildman–Crippen LogP) is 3.70. The molecule has 2 aliphatic rings. The summed E-state index contributed by atoms with van der Waals surface area (Å²) in [4.78, 5) is 15.1. The molecule has 1 saturated carbocycles. The molecule has 8 heteroatoms. The van der Waals surface area contributed by atoms with Gasteiger partial charge in [-0.1, -0.05) is 38.8 Å². The molecule has 1 aliphatic heterocycles. The van der Waals surface area contributed by atoms with Crippen molar-refractivity contribution in [2.45, 2.75) is 64.5 Å². The van der Waals surface area contributed by atoms with Gasteiger partial charge in [-0.05, 0) is 67.3 Å². The molecule has 1 aliphatic carbocycles. The Bertz CT molecular complexity index is 838. The van der Waals surface area contributed by atoms with E-state index in [9.17, 15) is 4.79 Å². The first-order valence-electron chi connectivity index (χ1n) is 11.3. The van der Waals surface area contributed by atoms with Gasteiger partial charge in [-0.15, -0.1) is 5.10 Å². The lowest BCUT2D eigenvalue weighted by atomic mass is 10.0. The minimum atomic E-state index is -0.172. The molecule has 30 heavy (non-hydrogen) atoms. The fourth-order valence-electron chi connectivity index (χ4n) is 4.27. The standard InChI is InChI=1S/C22H33N7O/c1-16(2)20(28-12-5-3-4-6-13-28)15-23-22(30)24-18-9-7-8-17(14-18)21-25-26-27-29(21)19-10-11-19/h7-9,14,16,19-20H,3-6,10-13,15H2,1-2H3,(H2,23,24,30)/t20-/m0/s1. The number of nitrogens with zero attached hydrogens (tertiary/aromatic N) is 5. The summed E-state index contributed by atoms with van der Waals surface area (Å²) >= 11 is 0. The van der Waals surface area contributed by atoms with Crippen LogP contribution in [-0.2, 0) is 0 Å². The van der Waals surface area contributed by atoms with E-state index in [0.29, 0.717) is 24.5 Å². The monoisotopic (exact) mass is 411 g/mol. The van der Waals surface area contributed by atoms with E-state index >= 15 is 0 Å². The summed E-state index contributed by atoms with van der Waals surface area (Å²) in [6.45, 7) is 7.39. The van der Waals surface area contributed by atoms with Crippen LogP contribution in [0.5, 0.6) is 0 Å². The number of tetrazole rings is 1. The van der Waals surface area contributed by atoms with E-state index < -0.39 is 0 Å². The summed E-state index contributed by atoms with van der Waals surface area (Å²) < 4.78 is 1.88. The maximum Gasteiger partial charge on any atom is 0.319 e. The summed E-state index contributed by atoms with van der Waals surface area (Å²) in [6.07, 6.45) is 7.37. The number of urea groups is 1. The van der Waals surface area contributed by atoms with Crippen molar-refractivity contribution < 1.29 is 4.79 Å². The molecule has 1 aromatic carbocycles. The van der Waals surface area contributed by atoms with Crippen LogP contribution in [0.2, 0.25) is 0 Å². The fraction of sp³-hybridized carbons (Fsp3) is 0.636. The van der Waals surface area contributed by atoms with Gasteiger partial charge in [0.2, 0.25) is 0 Å². The Morgan fingerprint density at radius 1 is 1.17 bits per heavy atom. The van der Waals surface area contributed by atoms with E-state index in [1.165, 1.54) is 25.7 Å². The molecule has 2 amide bonds. The van der Waals surface area contributed by atoms with Crippen LogP contribution in [0.25, 0.3) is 11.4 Å². The molecule has 2 heterocycles. The summed E-state index contributed by atoms with van der Waals surface area (Å²) in [5.41, 5.74) is 1.65. The van der Waals surface area contributed by atoms with Crippen LogP contribution in [0, 0.1) is 5.92 Å². The zero-order chi connectivity index (χ0) is 20.9. The number of likely N-dealkylation sites (tertiary alicyclic amines) is 1. The van der Waals surface area contributed by atoms with Gasteiger partial charge in [-0.2, -0.15) is 0 Å². The minimum Gasteiger partial charge on any atom is -0.336 e. The smallest absolute Gasteiger partial charge is 0.319 e. The van der Waals surface area contributed by atoms with Crippen molar-refractivity contribution in [2.24, 2.45) is 5.92 Å². The lowest BCUT2D eigenvalue weighted by Gasteiger charge is -2.33. The largest absolute Gasteiger partial charge is 0.336 e. The Labute approximate surface area is 178 Å². The van der Waals surface area contributed by atoms with Crippen molar-refractivity contribution in [3.8, 4) is 11.4 Å². The predicted molar refractivity (Wildman–Crippen MR) is 117 cm³/mol. The van der Waals surface area contributed by atoms with Crippen molar-refractivity contribution in [2.75, 3.05) is 25.0 Å². The quantitative estimate of drug-likeness (QED) is 0.725. The average Bonchev–Trinajstić information content (AvgIpc) is 3.51. The highest BCUT2D eigenvalue weighted by molar-refractivity contribution is 5.89. The Balaban J connectivity index is 1.36. The number of hydrogen-bond donors (Lipinski definition) is 2. The van der Waals surface area contributed by atoms with Gasteiger partial charge >= 0.3 is 6.03 Å². The van der Waals surface area contributed by atoms with E-state index in [2.05, 4.69) is 44.9 Å². The molecule has 4 rings (SSSR count). The highest BCUT2D eigenvalue weighted by Crippen LogP contribution is 2.36. The Hall–Kier alpha value is -2.48. The Morgan fingerprint density at radius 3 is 2.63 bits per heavy atom. The summed E-state index contributed by atoms with van der Waals surface area (Å²) in [7, 11) is 0. The molecule has 2 fully saturated rings. The van der Waals surface area contributed by atoms with E-state index in [1.54, 1.807) is 0 Å². The van der Waals surface area contributed by atoms with Crippen molar-refractivity contribution >= 4 is 11.7 Å². The molecule has 1 aromatic heterocycles. The summed E-state index contributed by atoms with van der Waals surface area (Å²) in [5, 5.41) is 18.2. The third kappa shape index (κ3) is 5.16. The van der Waals surface area contributed by atoms with Crippen LogP contribution in [0.3, 0.4) is 0 Å². The third-order valence-corrected chi connectivity index (χ3v) is 6.12. The molecule has 162 valence electrons. The van der Waals surface area contributed by atoms with E-state index in [1.807, 2.05) is 28.9 Å². The van der Waals surface area contributed by atoms with Crippen molar-refractivity contribution in [1.82, 2.24) is 30.4 Å². The molecular weight excluding hydrogens is 378 g/mol. The van der Waals surface area contributed by atoms with E-state index in [0.717, 1.165) is 43.0 Å². The Morgan fingerprint density at radius 2 is 1.93 bits per heavy atom. The summed E-state index contributed by atoms with van der Waals surface area (Å²) in [5.74, 6) is 1.25. The van der Waals surface area contributed by atoms with Crippen LogP contribution in [0.1, 0.15) is 58.4 Å². The number of carbonyl (C=O) groups excluding carboxylic acids is 1. The van der Waals surface area contributed by atoms with Crippen molar-refractivity contribution in [3.05, 3.63) is 24.3 Å². The SMILES string of the molecule is CC(C)[C@H](CNC(=O)Nc1cccc(-c2nnnn2C2CC2)c1)N1CCCCCC1. The number of carbonyl (C=O) groups is 1. The van der Waals surface area contributed by atoms with Crippen LogP contribution < -0.4 is 10.6 Å². The molecule has 0 bridgehead atoms. The third-order valence-electron chi connectivity index (χ3n) is 6.12. The molecule has 2 N–H and O–H groups in total. The number of nitrogens with one attached hydrogen (secondary N) is 2. The number of hydrogen-bond acceptors (Lipinski definition) is 5. The van der Waals surface area contributed by atoms with Crippen LogP contribution in [0.15, 0.2) is 24.3 Å². The fourth-order valence-corrected chi connectivity index (χ4v) is 4.27. The second kappa shape index (κ2) is 9.55. The van der Waals surface area contributed by atoms with E-state index in [4.69, 9.17) is 0 Å². The number of amides is 2. The van der Waals surface area contributed by atoms with Gasteiger partial charge in [0.05, 0.1) is 6.04 Å². The van der Waals surface area contributed by atoms with Gasteiger partial charge in [-0.3, -0.25) is 4.90 Å². The van der Waals surface area contributed by atoms with Gasteiger partial charge in [0.1, 0.15) is 0 Å². The zero-order valence-electron chi connectivity index (χ0n) is 18.0. The Kier molecular flexibility index (Phi) is 6.62. The number of rotatable bonds is 7. The van der Waals surface area contributed by atoms with Gasteiger partial charge in [0.15, 0.2) is 5.82 Å². The normalized spacial score (nSPS) is 18.8. The van der Waals surface area contributed by atoms with E-state index in [-0.39, 0.29) is 6.03 Å². The van der Waals surface area contributed by atoms with Gasteiger partial charge < -0.3 is 10.6 Å². The lowest BCUT2D eigenvalue weighted by Crippen LogP contribution is -2.48. The first kappa shape index (κ1) is 20.8. The number of anilines is 1. The molecule has 0 spiro atoms. The first-order chi connectivity index (χ1) is 14.6. The van der Waals surface area contributed by atoms with Crippen LogP contribution >= 0.6 is 0 Å². The second-order valence-electron chi connectivity index (χ2n) is 8.86. The number of aromatic nitrogens is 4. The maximum absolute atomic E-state index is 12.6. The average molecular weight is 412 g/mol. The molecule has 0 radical (unpaired) electrons. The molecule has 0 unspecified atom stereocenters. The van der Waals surface area contributed by atoms with Crippen LogP contribution in [0.4, 0.5) is 10.5 Å².